The van der Waals surface area contributed by atoms with E-state index < -0.39 is 0 Å². The second-order valence-corrected chi connectivity index (χ2v) is 4.73. The summed E-state index contributed by atoms with van der Waals surface area (Å²) in [5.74, 6) is 0.698. The van der Waals surface area contributed by atoms with Crippen LogP contribution in [0.2, 0.25) is 0 Å². The summed E-state index contributed by atoms with van der Waals surface area (Å²) in [7, 11) is 0. The van der Waals surface area contributed by atoms with Crippen molar-refractivity contribution >= 4 is 0 Å². The van der Waals surface area contributed by atoms with Gasteiger partial charge in [0, 0.05) is 18.6 Å². The Hall–Kier alpha value is -0.340. The van der Waals surface area contributed by atoms with Crippen LogP contribution in [0.5, 0.6) is 0 Å². The Morgan fingerprint density at radius 1 is 1.69 bits per heavy atom. The van der Waals surface area contributed by atoms with E-state index in [9.17, 15) is 0 Å². The normalized spacial score (nSPS) is 39.4. The number of nitrogens with zero attached hydrogens (tertiary/aromatic N) is 1. The highest BCUT2D eigenvalue weighted by Crippen LogP contribution is 2.42. The molecule has 2 saturated heterocycles. The maximum absolute atomic E-state index is 5.90. The lowest BCUT2D eigenvalue weighted by Crippen LogP contribution is -2.44. The Labute approximate surface area is 80.8 Å². The first kappa shape index (κ1) is 9.22. The van der Waals surface area contributed by atoms with Crippen LogP contribution in [-0.2, 0) is 0 Å². The molecule has 0 saturated carbocycles. The van der Waals surface area contributed by atoms with E-state index in [4.69, 9.17) is 5.73 Å². The van der Waals surface area contributed by atoms with Crippen molar-refractivity contribution in [3.63, 3.8) is 0 Å². The third kappa shape index (κ3) is 1.32. The molecular formula is C11H20N2. The van der Waals surface area contributed by atoms with Crippen LogP contribution in [-0.4, -0.2) is 30.1 Å². The molecule has 0 amide bonds. The predicted molar refractivity (Wildman–Crippen MR) is 55.5 cm³/mol. The van der Waals surface area contributed by atoms with Gasteiger partial charge < -0.3 is 5.73 Å². The van der Waals surface area contributed by atoms with E-state index >= 15 is 0 Å². The van der Waals surface area contributed by atoms with Gasteiger partial charge in [0.05, 0.1) is 0 Å². The van der Waals surface area contributed by atoms with Gasteiger partial charge in [0.15, 0.2) is 0 Å². The van der Waals surface area contributed by atoms with E-state index in [1.807, 2.05) is 0 Å². The van der Waals surface area contributed by atoms with Crippen molar-refractivity contribution in [3.8, 4) is 0 Å². The van der Waals surface area contributed by atoms with E-state index in [0.717, 1.165) is 6.54 Å². The molecule has 74 valence electrons. The average molecular weight is 180 g/mol. The summed E-state index contributed by atoms with van der Waals surface area (Å²) in [5, 5.41) is 0. The van der Waals surface area contributed by atoms with Crippen LogP contribution in [0, 0.1) is 5.92 Å². The van der Waals surface area contributed by atoms with Gasteiger partial charge in [-0.1, -0.05) is 12.2 Å². The van der Waals surface area contributed by atoms with Crippen molar-refractivity contribution in [2.75, 3.05) is 19.6 Å². The zero-order valence-corrected chi connectivity index (χ0v) is 8.55. The molecule has 2 aliphatic rings. The first-order valence-corrected chi connectivity index (χ1v) is 5.28. The zero-order chi connectivity index (χ0) is 9.47. The van der Waals surface area contributed by atoms with Gasteiger partial charge in [-0.15, -0.1) is 0 Å². The first-order valence-electron chi connectivity index (χ1n) is 5.28. The Kier molecular flexibility index (Phi) is 2.20. The Morgan fingerprint density at radius 3 is 3.00 bits per heavy atom. The molecule has 2 N–H and O–H groups in total. The Bertz CT molecular complexity index is 224. The van der Waals surface area contributed by atoms with E-state index in [2.05, 4.69) is 18.4 Å². The summed E-state index contributed by atoms with van der Waals surface area (Å²) in [6.45, 7) is 9.49. The third-order valence-electron chi connectivity index (χ3n) is 3.89. The van der Waals surface area contributed by atoms with Gasteiger partial charge in [-0.25, -0.2) is 0 Å². The van der Waals surface area contributed by atoms with Gasteiger partial charge in [-0.05, 0) is 38.6 Å². The summed E-state index contributed by atoms with van der Waals surface area (Å²) < 4.78 is 0. The van der Waals surface area contributed by atoms with Gasteiger partial charge >= 0.3 is 0 Å². The van der Waals surface area contributed by atoms with E-state index in [1.54, 1.807) is 0 Å². The number of fused-ring (bicyclic) bond motifs is 1. The molecule has 2 rings (SSSR count). The first-order chi connectivity index (χ1) is 6.18. The van der Waals surface area contributed by atoms with Gasteiger partial charge in [0.25, 0.3) is 0 Å². The monoisotopic (exact) mass is 180 g/mol. The minimum atomic E-state index is 0.351. The second kappa shape index (κ2) is 3.10. The number of hydrogen-bond donors (Lipinski definition) is 1. The van der Waals surface area contributed by atoms with E-state index in [1.165, 1.54) is 37.9 Å². The largest absolute Gasteiger partial charge is 0.329 e. The molecule has 0 aromatic carbocycles. The van der Waals surface area contributed by atoms with Crippen LogP contribution in [0.1, 0.15) is 26.2 Å². The highest BCUT2D eigenvalue weighted by molar-refractivity contribution is 5.11. The second-order valence-electron chi connectivity index (χ2n) is 4.73. The van der Waals surface area contributed by atoms with Crippen LogP contribution in [0.4, 0.5) is 0 Å². The lowest BCUT2D eigenvalue weighted by Gasteiger charge is -2.30. The smallest absolute Gasteiger partial charge is 0.0338 e. The van der Waals surface area contributed by atoms with Crippen LogP contribution < -0.4 is 5.73 Å². The highest BCUT2D eigenvalue weighted by Gasteiger charge is 2.47. The van der Waals surface area contributed by atoms with Crippen LogP contribution >= 0.6 is 0 Å². The summed E-state index contributed by atoms with van der Waals surface area (Å²) in [5.41, 5.74) is 7.59. The summed E-state index contributed by atoms with van der Waals surface area (Å²) in [6, 6.07) is 0. The topological polar surface area (TPSA) is 29.3 Å². The molecule has 0 aliphatic carbocycles. The summed E-state index contributed by atoms with van der Waals surface area (Å²) in [4.78, 5) is 2.59. The fourth-order valence-electron chi connectivity index (χ4n) is 2.94. The molecule has 0 radical (unpaired) electrons. The van der Waals surface area contributed by atoms with Crippen molar-refractivity contribution in [2.45, 2.75) is 31.7 Å². The third-order valence-corrected chi connectivity index (χ3v) is 3.89. The Morgan fingerprint density at radius 2 is 2.46 bits per heavy atom. The fourth-order valence-corrected chi connectivity index (χ4v) is 2.94. The number of nitrogens with two attached hydrogens (primary N) is 1. The summed E-state index contributed by atoms with van der Waals surface area (Å²) in [6.07, 6.45) is 3.88. The van der Waals surface area contributed by atoms with Crippen molar-refractivity contribution in [2.24, 2.45) is 11.7 Å². The molecule has 0 aromatic heterocycles. The molecule has 0 bridgehead atoms. The Balaban J connectivity index is 2.13. The minimum Gasteiger partial charge on any atom is -0.329 e. The van der Waals surface area contributed by atoms with Gasteiger partial charge in [-0.3, -0.25) is 4.90 Å². The van der Waals surface area contributed by atoms with Gasteiger partial charge in [0.2, 0.25) is 0 Å². The molecule has 0 spiro atoms. The molecular weight excluding hydrogens is 160 g/mol. The lowest BCUT2D eigenvalue weighted by molar-refractivity contribution is 0.204. The van der Waals surface area contributed by atoms with Crippen LogP contribution in [0.25, 0.3) is 0 Å². The molecule has 2 fully saturated rings. The quantitative estimate of drug-likeness (QED) is 0.650. The molecule has 0 aromatic rings. The molecule has 2 heteroatoms. The van der Waals surface area contributed by atoms with Gasteiger partial charge in [0.1, 0.15) is 0 Å². The van der Waals surface area contributed by atoms with Crippen molar-refractivity contribution in [1.29, 1.82) is 0 Å². The number of hydrogen-bond acceptors (Lipinski definition) is 2. The number of rotatable bonds is 2. The lowest BCUT2D eigenvalue weighted by atomic mass is 9.88. The van der Waals surface area contributed by atoms with E-state index in [0.29, 0.717) is 11.5 Å². The standard InChI is InChI=1S/C11H20N2/c1-9(2)10-6-11(8-12)4-3-5-13(11)7-10/h10H,1,3-8,12H2,2H3. The van der Waals surface area contributed by atoms with Crippen LogP contribution in [0.3, 0.4) is 0 Å². The molecule has 13 heavy (non-hydrogen) atoms. The van der Waals surface area contributed by atoms with Crippen molar-refractivity contribution in [1.82, 2.24) is 4.90 Å². The summed E-state index contributed by atoms with van der Waals surface area (Å²) >= 11 is 0. The van der Waals surface area contributed by atoms with E-state index in [-0.39, 0.29) is 0 Å². The fraction of sp³-hybridized carbons (Fsp3) is 0.818. The molecule has 2 aliphatic heterocycles. The minimum absolute atomic E-state index is 0.351. The van der Waals surface area contributed by atoms with Crippen LogP contribution in [0.15, 0.2) is 12.2 Å². The maximum Gasteiger partial charge on any atom is 0.0338 e. The maximum atomic E-state index is 5.90. The molecule has 2 atom stereocenters. The zero-order valence-electron chi connectivity index (χ0n) is 8.55. The molecule has 2 heterocycles. The predicted octanol–water partition coefficient (Wildman–Crippen LogP) is 1.38. The SMILES string of the molecule is C=C(C)C1CN2CCCC2(CN)C1. The van der Waals surface area contributed by atoms with Gasteiger partial charge in [-0.2, -0.15) is 0 Å². The average Bonchev–Trinajstić information content (AvgIpc) is 2.58. The molecule has 2 nitrogen and oxygen atoms in total. The van der Waals surface area contributed by atoms with Crippen molar-refractivity contribution in [3.05, 3.63) is 12.2 Å². The van der Waals surface area contributed by atoms with Crippen molar-refractivity contribution < 1.29 is 0 Å². The highest BCUT2D eigenvalue weighted by atomic mass is 15.3. The molecule has 2 unspecified atom stereocenters.